The predicted octanol–water partition coefficient (Wildman–Crippen LogP) is 2.86. The van der Waals surface area contributed by atoms with Crippen LogP contribution in [-0.2, 0) is 9.84 Å². The molecule has 110 valence electrons. The van der Waals surface area contributed by atoms with Crippen molar-refractivity contribution < 1.29 is 8.42 Å². The van der Waals surface area contributed by atoms with Gasteiger partial charge in [0.25, 0.3) is 0 Å². The lowest BCUT2D eigenvalue weighted by molar-refractivity contribution is 0.222. The molecule has 0 spiro atoms. The zero-order valence-electron chi connectivity index (χ0n) is 12.9. The van der Waals surface area contributed by atoms with E-state index in [1.54, 1.807) is 0 Å². The number of hydrogen-bond acceptors (Lipinski definition) is 3. The van der Waals surface area contributed by atoms with E-state index in [4.69, 9.17) is 0 Å². The van der Waals surface area contributed by atoms with Gasteiger partial charge in [-0.1, -0.05) is 41.5 Å². The summed E-state index contributed by atoms with van der Waals surface area (Å²) < 4.78 is 23.6. The minimum absolute atomic E-state index is 0.142. The van der Waals surface area contributed by atoms with Crippen LogP contribution in [0.1, 0.15) is 54.4 Å². The second kappa shape index (κ2) is 7.49. The van der Waals surface area contributed by atoms with Gasteiger partial charge in [0.2, 0.25) is 0 Å². The molecule has 0 aromatic heterocycles. The van der Waals surface area contributed by atoms with Crippen molar-refractivity contribution in [2.45, 2.75) is 60.4 Å². The molecule has 3 nitrogen and oxygen atoms in total. The number of hydrogen-bond donors (Lipinski definition) is 1. The molecule has 0 saturated carbocycles. The van der Waals surface area contributed by atoms with Crippen molar-refractivity contribution >= 4 is 9.84 Å². The van der Waals surface area contributed by atoms with Crippen LogP contribution in [0.25, 0.3) is 0 Å². The summed E-state index contributed by atoms with van der Waals surface area (Å²) >= 11 is 0. The Hall–Kier alpha value is -0.0900. The first kappa shape index (κ1) is 17.9. The summed E-state index contributed by atoms with van der Waals surface area (Å²) in [7, 11) is -2.85. The SMILES string of the molecule is CCCS(=O)(=O)CCC(CNC(C)C)C(C)(C)C. The summed E-state index contributed by atoms with van der Waals surface area (Å²) in [6.45, 7) is 13.6. The topological polar surface area (TPSA) is 46.2 Å². The molecule has 18 heavy (non-hydrogen) atoms. The van der Waals surface area contributed by atoms with Crippen molar-refractivity contribution in [2.75, 3.05) is 18.1 Å². The van der Waals surface area contributed by atoms with Crippen LogP contribution in [0.3, 0.4) is 0 Å². The molecule has 1 atom stereocenters. The van der Waals surface area contributed by atoms with E-state index in [-0.39, 0.29) is 5.41 Å². The molecule has 4 heteroatoms. The van der Waals surface area contributed by atoms with Crippen LogP contribution >= 0.6 is 0 Å². The highest BCUT2D eigenvalue weighted by Gasteiger charge is 2.26. The van der Waals surface area contributed by atoms with E-state index >= 15 is 0 Å². The molecular formula is C14H31NO2S. The molecular weight excluding hydrogens is 246 g/mol. The van der Waals surface area contributed by atoms with Crippen LogP contribution in [0.15, 0.2) is 0 Å². The summed E-state index contributed by atoms with van der Waals surface area (Å²) in [6.07, 6.45) is 1.47. The largest absolute Gasteiger partial charge is 0.314 e. The fourth-order valence-corrected chi connectivity index (χ4v) is 3.42. The van der Waals surface area contributed by atoms with Gasteiger partial charge in [0.15, 0.2) is 0 Å². The number of rotatable bonds is 8. The molecule has 0 fully saturated rings. The minimum atomic E-state index is -2.85. The summed E-state index contributed by atoms with van der Waals surface area (Å²) in [5.41, 5.74) is 0.142. The lowest BCUT2D eigenvalue weighted by Crippen LogP contribution is -2.36. The molecule has 1 N–H and O–H groups in total. The lowest BCUT2D eigenvalue weighted by Gasteiger charge is -2.31. The Labute approximate surface area is 114 Å². The van der Waals surface area contributed by atoms with Crippen molar-refractivity contribution in [2.24, 2.45) is 11.3 Å². The molecule has 0 saturated heterocycles. The Morgan fingerprint density at radius 3 is 2.06 bits per heavy atom. The van der Waals surface area contributed by atoms with Gasteiger partial charge in [0.05, 0.1) is 5.75 Å². The van der Waals surface area contributed by atoms with E-state index < -0.39 is 9.84 Å². The highest BCUT2D eigenvalue weighted by molar-refractivity contribution is 7.91. The maximum Gasteiger partial charge on any atom is 0.150 e. The Balaban J connectivity index is 4.43. The normalized spacial score (nSPS) is 15.1. The summed E-state index contributed by atoms with van der Waals surface area (Å²) in [4.78, 5) is 0. The third-order valence-corrected chi connectivity index (χ3v) is 5.18. The van der Waals surface area contributed by atoms with E-state index in [0.29, 0.717) is 29.9 Å². The zero-order chi connectivity index (χ0) is 14.4. The summed E-state index contributed by atoms with van der Waals surface area (Å²) in [5, 5.41) is 3.43. The second-order valence-corrected chi connectivity index (χ2v) is 8.87. The number of sulfone groups is 1. The third kappa shape index (κ3) is 8.09. The Morgan fingerprint density at radius 1 is 1.11 bits per heavy atom. The molecule has 0 aromatic rings. The smallest absolute Gasteiger partial charge is 0.150 e. The van der Waals surface area contributed by atoms with E-state index in [0.717, 1.165) is 13.0 Å². The standard InChI is InChI=1S/C14H31NO2S/c1-7-9-18(16,17)10-8-13(14(4,5)6)11-15-12(2)3/h12-13,15H,7-11H2,1-6H3. The predicted molar refractivity (Wildman–Crippen MR) is 79.6 cm³/mol. The van der Waals surface area contributed by atoms with Gasteiger partial charge < -0.3 is 5.32 Å². The first-order valence-electron chi connectivity index (χ1n) is 7.02. The summed E-state index contributed by atoms with van der Waals surface area (Å²) in [6, 6.07) is 0.446. The van der Waals surface area contributed by atoms with Crippen molar-refractivity contribution in [3.8, 4) is 0 Å². The van der Waals surface area contributed by atoms with Crippen LogP contribution in [0.4, 0.5) is 0 Å². The molecule has 0 aliphatic heterocycles. The molecule has 0 heterocycles. The molecule has 0 aliphatic carbocycles. The molecule has 1 unspecified atom stereocenters. The van der Waals surface area contributed by atoms with Gasteiger partial charge in [-0.15, -0.1) is 0 Å². The average Bonchev–Trinajstić information content (AvgIpc) is 2.14. The average molecular weight is 277 g/mol. The van der Waals surface area contributed by atoms with Gasteiger partial charge in [0, 0.05) is 11.8 Å². The van der Waals surface area contributed by atoms with E-state index in [9.17, 15) is 8.42 Å². The molecule has 0 rings (SSSR count). The molecule has 0 aliphatic rings. The van der Waals surface area contributed by atoms with Crippen LogP contribution in [0.2, 0.25) is 0 Å². The lowest BCUT2D eigenvalue weighted by atomic mass is 9.79. The van der Waals surface area contributed by atoms with Crippen molar-refractivity contribution in [3.05, 3.63) is 0 Å². The first-order chi connectivity index (χ1) is 8.08. The highest BCUT2D eigenvalue weighted by atomic mass is 32.2. The summed E-state index contributed by atoms with van der Waals surface area (Å²) in [5.74, 6) is 1.04. The minimum Gasteiger partial charge on any atom is -0.314 e. The molecule has 0 radical (unpaired) electrons. The van der Waals surface area contributed by atoms with Gasteiger partial charge in [-0.05, 0) is 30.7 Å². The quantitative estimate of drug-likeness (QED) is 0.742. The number of nitrogens with one attached hydrogen (secondary N) is 1. The maximum atomic E-state index is 11.8. The Bertz CT molecular complexity index is 315. The van der Waals surface area contributed by atoms with Gasteiger partial charge in [-0.25, -0.2) is 8.42 Å². The monoisotopic (exact) mass is 277 g/mol. The molecule has 0 aromatic carbocycles. The van der Waals surface area contributed by atoms with Crippen molar-refractivity contribution in [1.82, 2.24) is 5.32 Å². The fraction of sp³-hybridized carbons (Fsp3) is 1.00. The van der Waals surface area contributed by atoms with Gasteiger partial charge in [0.1, 0.15) is 9.84 Å². The molecule has 0 amide bonds. The van der Waals surface area contributed by atoms with Crippen LogP contribution in [0.5, 0.6) is 0 Å². The van der Waals surface area contributed by atoms with Crippen LogP contribution in [0, 0.1) is 11.3 Å². The van der Waals surface area contributed by atoms with Gasteiger partial charge in [-0.3, -0.25) is 0 Å². The maximum absolute atomic E-state index is 11.8. The van der Waals surface area contributed by atoms with Gasteiger partial charge >= 0.3 is 0 Å². The van der Waals surface area contributed by atoms with Gasteiger partial charge in [-0.2, -0.15) is 0 Å². The van der Waals surface area contributed by atoms with E-state index in [2.05, 4.69) is 39.9 Å². The van der Waals surface area contributed by atoms with E-state index in [1.807, 2.05) is 6.92 Å². The third-order valence-electron chi connectivity index (χ3n) is 3.29. The van der Waals surface area contributed by atoms with E-state index in [1.165, 1.54) is 0 Å². The zero-order valence-corrected chi connectivity index (χ0v) is 13.7. The Kier molecular flexibility index (Phi) is 7.45. The first-order valence-corrected chi connectivity index (χ1v) is 8.84. The van der Waals surface area contributed by atoms with Crippen LogP contribution in [-0.4, -0.2) is 32.5 Å². The second-order valence-electron chi connectivity index (χ2n) is 6.57. The van der Waals surface area contributed by atoms with Crippen molar-refractivity contribution in [1.29, 1.82) is 0 Å². The Morgan fingerprint density at radius 2 is 1.67 bits per heavy atom. The fourth-order valence-electron chi connectivity index (χ4n) is 1.95. The van der Waals surface area contributed by atoms with Crippen molar-refractivity contribution in [3.63, 3.8) is 0 Å². The molecule has 0 bridgehead atoms. The highest BCUT2D eigenvalue weighted by Crippen LogP contribution is 2.28. The van der Waals surface area contributed by atoms with Crippen LogP contribution < -0.4 is 5.32 Å².